The van der Waals surface area contributed by atoms with E-state index in [0.29, 0.717) is 19.4 Å². The van der Waals surface area contributed by atoms with Gasteiger partial charge in [-0.1, -0.05) is 13.0 Å². The van der Waals surface area contributed by atoms with Crippen LogP contribution in [-0.2, 0) is 11.2 Å². The molecule has 2 rings (SSSR count). The van der Waals surface area contributed by atoms with Crippen LogP contribution in [0.25, 0.3) is 0 Å². The van der Waals surface area contributed by atoms with E-state index in [4.69, 9.17) is 5.11 Å². The molecule has 0 aromatic heterocycles. The van der Waals surface area contributed by atoms with Crippen LogP contribution in [0.2, 0.25) is 0 Å². The first-order chi connectivity index (χ1) is 10.1. The second kappa shape index (κ2) is 7.11. The maximum Gasteiger partial charge on any atom is 0.306 e. The van der Waals surface area contributed by atoms with Crippen molar-refractivity contribution in [2.45, 2.75) is 32.6 Å². The highest BCUT2D eigenvalue weighted by atomic mass is 16.4. The minimum Gasteiger partial charge on any atom is -0.481 e. The van der Waals surface area contributed by atoms with E-state index in [1.807, 2.05) is 18.2 Å². The normalized spacial score (nSPS) is 14.7. The van der Waals surface area contributed by atoms with Crippen LogP contribution < -0.4 is 10.6 Å². The van der Waals surface area contributed by atoms with Crippen molar-refractivity contribution in [3.05, 3.63) is 29.3 Å². The van der Waals surface area contributed by atoms with Crippen molar-refractivity contribution in [2.75, 3.05) is 18.4 Å². The molecule has 5 nitrogen and oxygen atoms in total. The lowest BCUT2D eigenvalue weighted by molar-refractivity contribution is -0.141. The van der Waals surface area contributed by atoms with E-state index in [1.54, 1.807) is 6.92 Å². The standard InChI is InChI=1S/C16H22N2O3/c1-11(16(20)21)5-3-10-18-15(19)13-6-2-8-14-12(13)7-4-9-17-14/h2,6,8,11,17H,3-5,7,9-10H2,1H3,(H,18,19)(H,20,21). The lowest BCUT2D eigenvalue weighted by Crippen LogP contribution is -2.27. The quantitative estimate of drug-likeness (QED) is 0.702. The number of benzene rings is 1. The molecule has 1 heterocycles. The highest BCUT2D eigenvalue weighted by Gasteiger charge is 2.17. The molecule has 1 unspecified atom stereocenters. The van der Waals surface area contributed by atoms with Crippen LogP contribution in [0.15, 0.2) is 18.2 Å². The topological polar surface area (TPSA) is 78.4 Å². The van der Waals surface area contributed by atoms with Crippen molar-refractivity contribution in [3.8, 4) is 0 Å². The van der Waals surface area contributed by atoms with Gasteiger partial charge in [-0.05, 0) is 43.4 Å². The maximum atomic E-state index is 12.2. The monoisotopic (exact) mass is 290 g/mol. The van der Waals surface area contributed by atoms with Gasteiger partial charge in [0.2, 0.25) is 0 Å². The Morgan fingerprint density at radius 1 is 1.43 bits per heavy atom. The second-order valence-corrected chi connectivity index (χ2v) is 5.50. The predicted octanol–water partition coefficient (Wildman–Crippen LogP) is 2.28. The third-order valence-electron chi connectivity index (χ3n) is 3.86. The van der Waals surface area contributed by atoms with Gasteiger partial charge >= 0.3 is 5.97 Å². The fraction of sp³-hybridized carbons (Fsp3) is 0.500. The van der Waals surface area contributed by atoms with Gasteiger partial charge in [0.05, 0.1) is 5.92 Å². The van der Waals surface area contributed by atoms with Crippen LogP contribution >= 0.6 is 0 Å². The molecule has 0 fully saturated rings. The number of amides is 1. The fourth-order valence-electron chi connectivity index (χ4n) is 2.55. The highest BCUT2D eigenvalue weighted by Crippen LogP contribution is 2.25. The van der Waals surface area contributed by atoms with Crippen LogP contribution in [0.3, 0.4) is 0 Å². The van der Waals surface area contributed by atoms with Gasteiger partial charge in [0.25, 0.3) is 5.91 Å². The van der Waals surface area contributed by atoms with E-state index in [-0.39, 0.29) is 11.8 Å². The molecule has 5 heteroatoms. The van der Waals surface area contributed by atoms with Gasteiger partial charge in [0, 0.05) is 24.3 Å². The Morgan fingerprint density at radius 3 is 3.00 bits per heavy atom. The average molecular weight is 290 g/mol. The molecule has 1 atom stereocenters. The van der Waals surface area contributed by atoms with E-state index < -0.39 is 5.97 Å². The summed E-state index contributed by atoms with van der Waals surface area (Å²) in [5.74, 6) is -1.22. The van der Waals surface area contributed by atoms with Gasteiger partial charge < -0.3 is 15.7 Å². The van der Waals surface area contributed by atoms with Crippen molar-refractivity contribution >= 4 is 17.6 Å². The third-order valence-corrected chi connectivity index (χ3v) is 3.86. The molecule has 1 aromatic rings. The number of fused-ring (bicyclic) bond motifs is 1. The van der Waals surface area contributed by atoms with Crippen LogP contribution in [0.4, 0.5) is 5.69 Å². The molecule has 21 heavy (non-hydrogen) atoms. The van der Waals surface area contributed by atoms with Gasteiger partial charge in [-0.25, -0.2) is 0 Å². The van der Waals surface area contributed by atoms with Gasteiger partial charge in [-0.15, -0.1) is 0 Å². The number of hydrogen-bond acceptors (Lipinski definition) is 3. The molecule has 1 amide bonds. The average Bonchev–Trinajstić information content (AvgIpc) is 2.50. The van der Waals surface area contributed by atoms with Crippen molar-refractivity contribution in [1.82, 2.24) is 5.32 Å². The summed E-state index contributed by atoms with van der Waals surface area (Å²) in [7, 11) is 0. The van der Waals surface area contributed by atoms with Crippen LogP contribution in [0.1, 0.15) is 42.1 Å². The number of aliphatic carboxylic acids is 1. The number of carboxylic acid groups (broad SMARTS) is 1. The maximum absolute atomic E-state index is 12.2. The second-order valence-electron chi connectivity index (χ2n) is 5.50. The van der Waals surface area contributed by atoms with Gasteiger partial charge in [-0.2, -0.15) is 0 Å². The van der Waals surface area contributed by atoms with Crippen molar-refractivity contribution < 1.29 is 14.7 Å². The summed E-state index contributed by atoms with van der Waals surface area (Å²) in [4.78, 5) is 23.0. The summed E-state index contributed by atoms with van der Waals surface area (Å²) in [5, 5.41) is 15.0. The highest BCUT2D eigenvalue weighted by molar-refractivity contribution is 5.97. The van der Waals surface area contributed by atoms with Crippen molar-refractivity contribution in [1.29, 1.82) is 0 Å². The summed E-state index contributed by atoms with van der Waals surface area (Å²) in [6, 6.07) is 5.74. The first-order valence-corrected chi connectivity index (χ1v) is 7.46. The van der Waals surface area contributed by atoms with Crippen LogP contribution in [0, 0.1) is 5.92 Å². The number of nitrogens with one attached hydrogen (secondary N) is 2. The molecular formula is C16H22N2O3. The minimum absolute atomic E-state index is 0.0708. The number of carbonyl (C=O) groups excluding carboxylic acids is 1. The Kier molecular flexibility index (Phi) is 5.20. The molecule has 3 N–H and O–H groups in total. The van der Waals surface area contributed by atoms with E-state index in [1.165, 1.54) is 0 Å². The van der Waals surface area contributed by atoms with Gasteiger partial charge in [-0.3, -0.25) is 9.59 Å². The van der Waals surface area contributed by atoms with E-state index in [9.17, 15) is 9.59 Å². The van der Waals surface area contributed by atoms with Crippen LogP contribution in [-0.4, -0.2) is 30.1 Å². The minimum atomic E-state index is -0.787. The number of hydrogen-bond donors (Lipinski definition) is 3. The van der Waals surface area contributed by atoms with Crippen LogP contribution in [0.5, 0.6) is 0 Å². The number of carboxylic acids is 1. The molecule has 0 saturated heterocycles. The predicted molar refractivity (Wildman–Crippen MR) is 81.6 cm³/mol. The van der Waals surface area contributed by atoms with E-state index >= 15 is 0 Å². The molecule has 0 saturated carbocycles. The summed E-state index contributed by atoms with van der Waals surface area (Å²) in [6.45, 7) is 3.14. The zero-order valence-electron chi connectivity index (χ0n) is 12.3. The number of rotatable bonds is 6. The molecule has 0 aliphatic carbocycles. The molecule has 1 aliphatic rings. The summed E-state index contributed by atoms with van der Waals surface area (Å²) < 4.78 is 0. The Hall–Kier alpha value is -2.04. The Balaban J connectivity index is 1.88. The zero-order valence-corrected chi connectivity index (χ0v) is 12.3. The van der Waals surface area contributed by atoms with Gasteiger partial charge in [0.1, 0.15) is 0 Å². The number of anilines is 1. The molecule has 1 aliphatic heterocycles. The van der Waals surface area contributed by atoms with Gasteiger partial charge in [0.15, 0.2) is 0 Å². The Bertz CT molecular complexity index is 528. The van der Waals surface area contributed by atoms with Crippen molar-refractivity contribution in [3.63, 3.8) is 0 Å². The molecule has 0 radical (unpaired) electrons. The molecule has 1 aromatic carbocycles. The first-order valence-electron chi connectivity index (χ1n) is 7.46. The number of carbonyl (C=O) groups is 2. The van der Waals surface area contributed by atoms with E-state index in [2.05, 4.69) is 10.6 Å². The summed E-state index contributed by atoms with van der Waals surface area (Å²) in [6.07, 6.45) is 3.20. The fourth-order valence-corrected chi connectivity index (χ4v) is 2.55. The third kappa shape index (κ3) is 3.97. The summed E-state index contributed by atoms with van der Waals surface area (Å²) in [5.41, 5.74) is 2.86. The lowest BCUT2D eigenvalue weighted by Gasteiger charge is -2.20. The van der Waals surface area contributed by atoms with Crippen molar-refractivity contribution in [2.24, 2.45) is 5.92 Å². The Labute approximate surface area is 124 Å². The molecule has 114 valence electrons. The lowest BCUT2D eigenvalue weighted by atomic mass is 9.97. The summed E-state index contributed by atoms with van der Waals surface area (Å²) >= 11 is 0. The van der Waals surface area contributed by atoms with E-state index in [0.717, 1.165) is 36.2 Å². The molecule has 0 bridgehead atoms. The molecular weight excluding hydrogens is 268 g/mol. The SMILES string of the molecule is CC(CCCNC(=O)c1cccc2c1CCCN2)C(=O)O. The smallest absolute Gasteiger partial charge is 0.306 e. The Morgan fingerprint density at radius 2 is 2.24 bits per heavy atom. The zero-order chi connectivity index (χ0) is 15.2. The largest absolute Gasteiger partial charge is 0.481 e. The first kappa shape index (κ1) is 15.4. The molecule has 0 spiro atoms.